The second kappa shape index (κ2) is 10.7. The van der Waals surface area contributed by atoms with E-state index in [9.17, 15) is 4.79 Å². The Hall–Kier alpha value is -0.990. The Balaban J connectivity index is 0.00000264. The number of amides is 1. The second-order valence-electron chi connectivity index (χ2n) is 4.65. The molecule has 0 aliphatic heterocycles. The van der Waals surface area contributed by atoms with Crippen molar-refractivity contribution in [3.8, 4) is 0 Å². The Labute approximate surface area is 154 Å². The number of hydrogen-bond acceptors (Lipinski definition) is 5. The van der Waals surface area contributed by atoms with Gasteiger partial charge in [0.1, 0.15) is 0 Å². The molecule has 0 saturated heterocycles. The van der Waals surface area contributed by atoms with Crippen LogP contribution in [0.4, 0.5) is 5.13 Å². The predicted octanol–water partition coefficient (Wildman–Crippen LogP) is 3.09. The monoisotopic (exact) mass is 419 g/mol. The maximum Gasteiger partial charge on any atom is 0.240 e. The van der Waals surface area contributed by atoms with E-state index >= 15 is 0 Å². The van der Waals surface area contributed by atoms with Crippen LogP contribution in [-0.4, -0.2) is 37.7 Å². The molecule has 0 aliphatic carbocycles. The van der Waals surface area contributed by atoms with E-state index in [1.807, 2.05) is 12.1 Å². The van der Waals surface area contributed by atoms with Gasteiger partial charge in [0.2, 0.25) is 5.91 Å². The van der Waals surface area contributed by atoms with Gasteiger partial charge < -0.3 is 15.4 Å². The minimum Gasteiger partial charge on any atom is -0.383 e. The normalized spacial score (nSPS) is 10.2. The van der Waals surface area contributed by atoms with E-state index in [1.54, 1.807) is 13.3 Å². The van der Waals surface area contributed by atoms with Crippen LogP contribution in [0.3, 0.4) is 0 Å². The number of ether oxygens (including phenoxy) is 1. The summed E-state index contributed by atoms with van der Waals surface area (Å²) in [5, 5.41) is 6.42. The lowest BCUT2D eigenvalue weighted by Crippen LogP contribution is -2.30. The number of nitrogens with zero attached hydrogens (tertiary/aromatic N) is 1. The summed E-state index contributed by atoms with van der Waals surface area (Å²) in [5.41, 5.74) is 1.21. The minimum absolute atomic E-state index is 0. The van der Waals surface area contributed by atoms with E-state index in [0.717, 1.165) is 15.8 Å². The molecule has 1 heterocycles. The quantitative estimate of drug-likeness (QED) is 0.644. The molecule has 1 aromatic carbocycles. The zero-order valence-electron chi connectivity index (χ0n) is 12.7. The second-order valence-corrected chi connectivity index (χ2v) is 6.68. The van der Waals surface area contributed by atoms with Gasteiger partial charge in [-0.2, -0.15) is 0 Å². The molecule has 0 atom stereocenters. The standard InChI is InChI=1S/C15H18BrN3O2S.ClH/c1-21-7-6-17-10-14(20)19-15-18-9-13(22-15)8-11-2-4-12(16)5-3-11;/h2-5,9,17H,6-8,10H2,1H3,(H,18,19,20);1H. The van der Waals surface area contributed by atoms with Gasteiger partial charge in [0.05, 0.1) is 13.2 Å². The predicted molar refractivity (Wildman–Crippen MR) is 99.7 cm³/mol. The molecule has 2 rings (SSSR count). The summed E-state index contributed by atoms with van der Waals surface area (Å²) >= 11 is 4.92. The molecule has 23 heavy (non-hydrogen) atoms. The first-order valence-corrected chi connectivity index (χ1v) is 8.47. The highest BCUT2D eigenvalue weighted by Gasteiger charge is 2.07. The van der Waals surface area contributed by atoms with Gasteiger partial charge in [0.15, 0.2) is 5.13 Å². The number of aromatic nitrogens is 1. The summed E-state index contributed by atoms with van der Waals surface area (Å²) in [6.07, 6.45) is 2.62. The molecule has 126 valence electrons. The highest BCUT2D eigenvalue weighted by atomic mass is 79.9. The minimum atomic E-state index is -0.0966. The topological polar surface area (TPSA) is 63.2 Å². The van der Waals surface area contributed by atoms with Crippen molar-refractivity contribution < 1.29 is 9.53 Å². The SMILES string of the molecule is COCCNCC(=O)Nc1ncc(Cc2ccc(Br)cc2)s1.Cl. The molecule has 5 nitrogen and oxygen atoms in total. The van der Waals surface area contributed by atoms with Gasteiger partial charge in [-0.05, 0) is 17.7 Å². The van der Waals surface area contributed by atoms with Crippen molar-refractivity contribution >= 4 is 50.7 Å². The summed E-state index contributed by atoms with van der Waals surface area (Å²) in [7, 11) is 1.63. The van der Waals surface area contributed by atoms with Crippen LogP contribution in [-0.2, 0) is 16.0 Å². The van der Waals surface area contributed by atoms with E-state index in [1.165, 1.54) is 16.9 Å². The fourth-order valence-electron chi connectivity index (χ4n) is 1.79. The molecule has 0 saturated carbocycles. The maximum atomic E-state index is 11.7. The van der Waals surface area contributed by atoms with Crippen molar-refractivity contribution in [1.29, 1.82) is 0 Å². The molecule has 0 unspecified atom stereocenters. The van der Waals surface area contributed by atoms with Crippen molar-refractivity contribution in [1.82, 2.24) is 10.3 Å². The Morgan fingerprint density at radius 2 is 2.09 bits per heavy atom. The van der Waals surface area contributed by atoms with Crippen LogP contribution in [0.2, 0.25) is 0 Å². The number of halogens is 2. The number of methoxy groups -OCH3 is 1. The Morgan fingerprint density at radius 1 is 1.35 bits per heavy atom. The first kappa shape index (κ1) is 20.1. The summed E-state index contributed by atoms with van der Waals surface area (Å²) in [6.45, 7) is 1.49. The van der Waals surface area contributed by atoms with Crippen LogP contribution in [0.1, 0.15) is 10.4 Å². The van der Waals surface area contributed by atoms with E-state index in [4.69, 9.17) is 4.74 Å². The molecule has 2 N–H and O–H groups in total. The van der Waals surface area contributed by atoms with E-state index in [2.05, 4.69) is 43.7 Å². The third-order valence-corrected chi connectivity index (χ3v) is 4.30. The lowest BCUT2D eigenvalue weighted by atomic mass is 10.1. The number of rotatable bonds is 8. The Kier molecular flexibility index (Phi) is 9.35. The van der Waals surface area contributed by atoms with Crippen LogP contribution < -0.4 is 10.6 Å². The molecular formula is C15H19BrClN3O2S. The van der Waals surface area contributed by atoms with Crippen LogP contribution in [0.5, 0.6) is 0 Å². The molecule has 0 bridgehead atoms. The molecule has 8 heteroatoms. The van der Waals surface area contributed by atoms with Crippen molar-refractivity contribution in [2.24, 2.45) is 0 Å². The first-order valence-electron chi connectivity index (χ1n) is 6.86. The van der Waals surface area contributed by atoms with Gasteiger partial charge in [0.25, 0.3) is 0 Å². The zero-order valence-corrected chi connectivity index (χ0v) is 15.9. The van der Waals surface area contributed by atoms with Gasteiger partial charge in [-0.15, -0.1) is 23.7 Å². The van der Waals surface area contributed by atoms with Crippen LogP contribution in [0.15, 0.2) is 34.9 Å². The Morgan fingerprint density at radius 3 is 2.78 bits per heavy atom. The highest BCUT2D eigenvalue weighted by molar-refractivity contribution is 9.10. The van der Waals surface area contributed by atoms with Crippen molar-refractivity contribution in [2.75, 3.05) is 32.1 Å². The number of hydrogen-bond donors (Lipinski definition) is 2. The van der Waals surface area contributed by atoms with Crippen molar-refractivity contribution in [3.63, 3.8) is 0 Å². The van der Waals surface area contributed by atoms with E-state index in [-0.39, 0.29) is 24.9 Å². The third kappa shape index (κ3) is 7.41. The van der Waals surface area contributed by atoms with Gasteiger partial charge in [-0.25, -0.2) is 4.98 Å². The van der Waals surface area contributed by atoms with Crippen LogP contribution >= 0.6 is 39.7 Å². The number of carbonyl (C=O) groups is 1. The average Bonchev–Trinajstić information content (AvgIpc) is 2.93. The molecular weight excluding hydrogens is 402 g/mol. The van der Waals surface area contributed by atoms with Gasteiger partial charge in [0, 0.05) is 35.6 Å². The lowest BCUT2D eigenvalue weighted by molar-refractivity contribution is -0.115. The molecule has 0 radical (unpaired) electrons. The summed E-state index contributed by atoms with van der Waals surface area (Å²) < 4.78 is 5.97. The smallest absolute Gasteiger partial charge is 0.240 e. The van der Waals surface area contributed by atoms with Gasteiger partial charge >= 0.3 is 0 Å². The number of anilines is 1. The molecule has 2 aromatic rings. The van der Waals surface area contributed by atoms with Gasteiger partial charge in [-0.1, -0.05) is 28.1 Å². The van der Waals surface area contributed by atoms with Crippen LogP contribution in [0.25, 0.3) is 0 Å². The fourth-order valence-corrected chi connectivity index (χ4v) is 2.92. The van der Waals surface area contributed by atoms with Crippen molar-refractivity contribution in [3.05, 3.63) is 45.4 Å². The molecule has 0 spiro atoms. The van der Waals surface area contributed by atoms with Gasteiger partial charge in [-0.3, -0.25) is 4.79 Å². The number of nitrogens with one attached hydrogen (secondary N) is 2. The van der Waals surface area contributed by atoms with E-state index < -0.39 is 0 Å². The summed E-state index contributed by atoms with van der Waals surface area (Å²) in [6, 6.07) is 8.18. The maximum absolute atomic E-state index is 11.7. The van der Waals surface area contributed by atoms with E-state index in [0.29, 0.717) is 18.3 Å². The highest BCUT2D eigenvalue weighted by Crippen LogP contribution is 2.21. The fraction of sp³-hybridized carbons (Fsp3) is 0.333. The number of benzene rings is 1. The van der Waals surface area contributed by atoms with Crippen LogP contribution in [0, 0.1) is 0 Å². The Bertz CT molecular complexity index is 607. The number of carbonyl (C=O) groups excluding carboxylic acids is 1. The number of thiazole rings is 1. The molecule has 0 aliphatic rings. The molecule has 1 amide bonds. The molecule has 0 fully saturated rings. The summed E-state index contributed by atoms with van der Waals surface area (Å²) in [4.78, 5) is 17.1. The summed E-state index contributed by atoms with van der Waals surface area (Å²) in [5.74, 6) is -0.0966. The lowest BCUT2D eigenvalue weighted by Gasteiger charge is -2.03. The first-order chi connectivity index (χ1) is 10.7. The average molecular weight is 421 g/mol. The molecule has 1 aromatic heterocycles. The largest absolute Gasteiger partial charge is 0.383 e. The third-order valence-electron chi connectivity index (χ3n) is 2.86. The van der Waals surface area contributed by atoms with Crippen molar-refractivity contribution in [2.45, 2.75) is 6.42 Å². The zero-order chi connectivity index (χ0) is 15.8.